The number of allylic oxidation sites excluding steroid dienone is 1. The number of hydrogen-bond donors (Lipinski definition) is 1. The lowest BCUT2D eigenvalue weighted by Crippen LogP contribution is -2.23. The first-order chi connectivity index (χ1) is 10.7. The van der Waals surface area contributed by atoms with Crippen molar-refractivity contribution in [2.75, 3.05) is 13.7 Å². The van der Waals surface area contributed by atoms with Crippen LogP contribution in [-0.2, 0) is 16.1 Å². The van der Waals surface area contributed by atoms with Gasteiger partial charge in [0.1, 0.15) is 0 Å². The number of carbonyl (C=O) groups is 1. The maximum absolute atomic E-state index is 11.4. The molecule has 1 unspecified atom stereocenters. The minimum Gasteiger partial charge on any atom is -0.465 e. The average molecular weight is 338 g/mol. The molecule has 1 atom stereocenters. The molecule has 4 heteroatoms. The fourth-order valence-electron chi connectivity index (χ4n) is 1.53. The Labute approximate surface area is 149 Å². The Morgan fingerprint density at radius 2 is 2.04 bits per heavy atom. The quantitative estimate of drug-likeness (QED) is 0.616. The third kappa shape index (κ3) is 11.5. The van der Waals surface area contributed by atoms with Crippen LogP contribution >= 0.6 is 0 Å². The van der Waals surface area contributed by atoms with Crippen LogP contribution in [0.4, 0.5) is 0 Å². The molecule has 0 saturated carbocycles. The zero-order valence-electron chi connectivity index (χ0n) is 13.8. The number of rotatable bonds is 6. The maximum Gasteiger partial charge on any atom is 0.337 e. The molecule has 4 nitrogen and oxygen atoms in total. The summed E-state index contributed by atoms with van der Waals surface area (Å²) >= 11 is 0. The molecule has 0 saturated heterocycles. The van der Waals surface area contributed by atoms with Crippen molar-refractivity contribution in [1.29, 1.82) is 0 Å². The van der Waals surface area contributed by atoms with Crippen LogP contribution in [0.25, 0.3) is 0 Å². The fourth-order valence-corrected chi connectivity index (χ4v) is 1.53. The monoisotopic (exact) mass is 337 g/mol. The predicted molar refractivity (Wildman–Crippen MR) is 105 cm³/mol. The van der Waals surface area contributed by atoms with Crippen molar-refractivity contribution < 1.29 is 15.7 Å². The van der Waals surface area contributed by atoms with Gasteiger partial charge in [0.25, 0.3) is 0 Å². The molecule has 24 heavy (non-hydrogen) atoms. The molecule has 0 aliphatic rings. The van der Waals surface area contributed by atoms with Gasteiger partial charge in [0, 0.05) is 7.47 Å². The Hall–Kier alpha value is -2.09. The summed E-state index contributed by atoms with van der Waals surface area (Å²) in [4.78, 5) is 11.4. The van der Waals surface area contributed by atoms with Gasteiger partial charge in [-0.25, -0.2) is 4.79 Å². The predicted octanol–water partition coefficient (Wildman–Crippen LogP) is 4.44. The van der Waals surface area contributed by atoms with Gasteiger partial charge < -0.3 is 15.2 Å². The molecular formula is C20H35NO3. The average Bonchev–Trinajstić information content (AvgIpc) is 2.56. The molecule has 0 spiro atoms. The van der Waals surface area contributed by atoms with Gasteiger partial charge in [-0.2, -0.15) is 0 Å². The van der Waals surface area contributed by atoms with Crippen LogP contribution in [0.15, 0.2) is 36.4 Å². The fraction of sp³-hybridized carbons (Fsp3) is 0.450. The van der Waals surface area contributed by atoms with Crippen molar-refractivity contribution in [2.45, 2.75) is 48.3 Å². The highest BCUT2D eigenvalue weighted by molar-refractivity contribution is 5.89. The van der Waals surface area contributed by atoms with E-state index >= 15 is 0 Å². The van der Waals surface area contributed by atoms with E-state index in [0.717, 1.165) is 5.56 Å². The van der Waals surface area contributed by atoms with E-state index in [1.807, 2.05) is 19.9 Å². The molecule has 138 valence electrons. The normalized spacial score (nSPS) is 10.0. The number of hydrogen-bond acceptors (Lipinski definition) is 4. The summed E-state index contributed by atoms with van der Waals surface area (Å²) in [6.45, 7) is 6.55. The molecule has 0 amide bonds. The van der Waals surface area contributed by atoms with E-state index in [-0.39, 0.29) is 28.3 Å². The lowest BCUT2D eigenvalue weighted by Gasteiger charge is -2.08. The van der Waals surface area contributed by atoms with Crippen LogP contribution in [0, 0.1) is 11.8 Å². The summed E-state index contributed by atoms with van der Waals surface area (Å²) in [5, 5.41) is 0. The van der Waals surface area contributed by atoms with Gasteiger partial charge >= 0.3 is 5.97 Å². The first-order valence-corrected chi connectivity index (χ1v) is 7.27. The van der Waals surface area contributed by atoms with Crippen LogP contribution in [0.1, 0.15) is 53.0 Å². The summed E-state index contributed by atoms with van der Waals surface area (Å²) in [7, 11) is 1.36. The highest BCUT2D eigenvalue weighted by Gasteiger charge is 2.05. The smallest absolute Gasteiger partial charge is 0.337 e. The van der Waals surface area contributed by atoms with E-state index in [2.05, 4.69) is 16.6 Å². The van der Waals surface area contributed by atoms with Crippen LogP contribution in [0.2, 0.25) is 0 Å². The van der Waals surface area contributed by atoms with Gasteiger partial charge in [0.05, 0.1) is 25.9 Å². The molecule has 0 bridgehead atoms. The van der Waals surface area contributed by atoms with E-state index in [9.17, 15) is 4.79 Å². The van der Waals surface area contributed by atoms with Gasteiger partial charge in [0.15, 0.2) is 0 Å². The van der Waals surface area contributed by atoms with Gasteiger partial charge in [-0.15, -0.1) is 5.92 Å². The van der Waals surface area contributed by atoms with Crippen molar-refractivity contribution >= 4 is 5.97 Å². The van der Waals surface area contributed by atoms with Crippen molar-refractivity contribution in [3.05, 3.63) is 47.5 Å². The Kier molecular flexibility index (Phi) is 19.3. The maximum atomic E-state index is 11.4. The van der Waals surface area contributed by atoms with Gasteiger partial charge in [0.2, 0.25) is 0 Å². The number of nitrogens with two attached hydrogens (primary N) is 1. The molecule has 0 heterocycles. The molecule has 1 rings (SSSR count). The number of ether oxygens (including phenoxy) is 2. The molecule has 1 aromatic carbocycles. The van der Waals surface area contributed by atoms with Crippen molar-refractivity contribution in [1.82, 2.24) is 0 Å². The summed E-state index contributed by atoms with van der Waals surface area (Å²) < 4.78 is 10.2. The van der Waals surface area contributed by atoms with Gasteiger partial charge in [-0.05, 0) is 30.7 Å². The molecule has 0 aromatic heterocycles. The Morgan fingerprint density at radius 1 is 1.38 bits per heavy atom. The summed E-state index contributed by atoms with van der Waals surface area (Å²) in [5.41, 5.74) is 7.24. The minimum atomic E-state index is -0.357. The highest BCUT2D eigenvalue weighted by atomic mass is 16.5. The van der Waals surface area contributed by atoms with Crippen LogP contribution in [-0.4, -0.2) is 25.7 Å². The van der Waals surface area contributed by atoms with Crippen molar-refractivity contribution in [2.24, 2.45) is 5.73 Å². The van der Waals surface area contributed by atoms with Gasteiger partial charge in [-0.1, -0.05) is 52.8 Å². The second-order valence-electron chi connectivity index (χ2n) is 4.12. The summed E-state index contributed by atoms with van der Waals surface area (Å²) in [5.74, 6) is 5.19. The second kappa shape index (κ2) is 17.3. The Bertz CT molecular complexity index is 533. The first kappa shape index (κ1) is 26.8. The zero-order valence-corrected chi connectivity index (χ0v) is 13.8. The number of methoxy groups -OCH3 is 1. The first-order valence-electron chi connectivity index (χ1n) is 7.27. The molecular weight excluding hydrogens is 302 g/mol. The molecule has 0 aliphatic heterocycles. The SMILES string of the molecule is C.C.CC.CC#CC=CC(N)COCc1cccc(C(=O)OC)c1.[HH]. The van der Waals surface area contributed by atoms with E-state index in [1.165, 1.54) is 7.11 Å². The van der Waals surface area contributed by atoms with Crippen molar-refractivity contribution in [3.8, 4) is 11.8 Å². The van der Waals surface area contributed by atoms with Crippen LogP contribution < -0.4 is 5.73 Å². The Balaban J connectivity index is -0.000000425. The number of benzene rings is 1. The second-order valence-corrected chi connectivity index (χ2v) is 4.12. The summed E-state index contributed by atoms with van der Waals surface area (Å²) in [6.07, 6.45) is 3.51. The molecule has 2 N–H and O–H groups in total. The lowest BCUT2D eigenvalue weighted by molar-refractivity contribution is 0.0600. The lowest BCUT2D eigenvalue weighted by atomic mass is 10.1. The number of esters is 1. The largest absolute Gasteiger partial charge is 0.465 e. The topological polar surface area (TPSA) is 61.5 Å². The van der Waals surface area contributed by atoms with E-state index < -0.39 is 0 Å². The molecule has 0 fully saturated rings. The zero-order chi connectivity index (χ0) is 16.8. The molecule has 0 radical (unpaired) electrons. The van der Waals surface area contributed by atoms with E-state index in [4.69, 9.17) is 10.5 Å². The van der Waals surface area contributed by atoms with Crippen molar-refractivity contribution in [3.63, 3.8) is 0 Å². The standard InChI is InChI=1S/C16H19NO3.C2H6.2CH4.H2/c1-3-4-5-9-15(17)12-20-11-13-7-6-8-14(10-13)16(18)19-2;1-2;;;/h5-10,15H,11-12,17H2,1-2H3;1-2H3;2*1H4;1H. The Morgan fingerprint density at radius 3 is 2.62 bits per heavy atom. The molecule has 0 aliphatic carbocycles. The summed E-state index contributed by atoms with van der Waals surface area (Å²) in [6, 6.07) is 6.93. The van der Waals surface area contributed by atoms with E-state index in [1.54, 1.807) is 37.3 Å². The van der Waals surface area contributed by atoms with E-state index in [0.29, 0.717) is 18.8 Å². The third-order valence-electron chi connectivity index (χ3n) is 2.50. The third-order valence-corrected chi connectivity index (χ3v) is 2.50. The van der Waals surface area contributed by atoms with Crippen LogP contribution in [0.3, 0.4) is 0 Å². The molecule has 1 aromatic rings. The van der Waals surface area contributed by atoms with Crippen LogP contribution in [0.5, 0.6) is 0 Å². The highest BCUT2D eigenvalue weighted by Crippen LogP contribution is 2.08. The minimum absolute atomic E-state index is 0. The number of carbonyl (C=O) groups excluding carboxylic acids is 1. The van der Waals surface area contributed by atoms with Gasteiger partial charge in [-0.3, -0.25) is 0 Å².